The van der Waals surface area contributed by atoms with Gasteiger partial charge in [-0.05, 0) is 26.7 Å². The summed E-state index contributed by atoms with van der Waals surface area (Å²) >= 11 is 0. The minimum atomic E-state index is 0.203. The van der Waals surface area contributed by atoms with E-state index in [0.29, 0.717) is 6.10 Å². The van der Waals surface area contributed by atoms with E-state index in [4.69, 9.17) is 4.84 Å². The molecule has 1 N–H and O–H groups in total. The van der Waals surface area contributed by atoms with Crippen molar-refractivity contribution in [3.63, 3.8) is 0 Å². The smallest absolute Gasteiger partial charge is 0.0790 e. The number of hydrogen-bond acceptors (Lipinski definition) is 3. The van der Waals surface area contributed by atoms with Gasteiger partial charge in [0.05, 0.1) is 17.8 Å². The molecule has 1 aromatic heterocycles. The lowest BCUT2D eigenvalue weighted by Gasteiger charge is -2.17. The zero-order chi connectivity index (χ0) is 11.5. The zero-order valence-electron chi connectivity index (χ0n) is 10.4. The summed E-state index contributed by atoms with van der Waals surface area (Å²) in [4.78, 5) is 5.70. The van der Waals surface area contributed by atoms with Gasteiger partial charge in [0.25, 0.3) is 0 Å². The molecule has 4 heteroatoms. The van der Waals surface area contributed by atoms with E-state index in [1.54, 1.807) is 0 Å². The number of rotatable bonds is 4. The molecule has 0 amide bonds. The first kappa shape index (κ1) is 11.6. The summed E-state index contributed by atoms with van der Waals surface area (Å²) in [7, 11) is 1.95. The van der Waals surface area contributed by atoms with E-state index in [9.17, 15) is 0 Å². The molecule has 1 aliphatic carbocycles. The lowest BCUT2D eigenvalue weighted by Crippen LogP contribution is -2.24. The molecule has 0 aromatic carbocycles. The topological polar surface area (TPSA) is 39.1 Å². The molecule has 0 aliphatic heterocycles. The molecule has 0 saturated heterocycles. The number of nitrogens with zero attached hydrogens (tertiary/aromatic N) is 2. The van der Waals surface area contributed by atoms with Crippen LogP contribution in [0.2, 0.25) is 0 Å². The van der Waals surface area contributed by atoms with Gasteiger partial charge in [-0.1, -0.05) is 12.8 Å². The summed E-state index contributed by atoms with van der Waals surface area (Å²) in [6, 6.07) is 0.203. The van der Waals surface area contributed by atoms with E-state index < -0.39 is 0 Å². The van der Waals surface area contributed by atoms with Gasteiger partial charge in [-0.25, -0.2) is 0 Å². The Morgan fingerprint density at radius 2 is 2.19 bits per heavy atom. The summed E-state index contributed by atoms with van der Waals surface area (Å²) < 4.78 is 1.85. The summed E-state index contributed by atoms with van der Waals surface area (Å²) in [6.07, 6.45) is 7.42. The van der Waals surface area contributed by atoms with Crippen molar-refractivity contribution in [2.45, 2.75) is 51.7 Å². The molecule has 2 rings (SSSR count). The van der Waals surface area contributed by atoms with Crippen LogP contribution in [0.25, 0.3) is 0 Å². The van der Waals surface area contributed by atoms with Crippen molar-refractivity contribution in [1.82, 2.24) is 15.3 Å². The first-order valence-electron chi connectivity index (χ1n) is 6.08. The molecule has 0 radical (unpaired) electrons. The molecule has 1 atom stereocenters. The van der Waals surface area contributed by atoms with Gasteiger partial charge in [-0.2, -0.15) is 10.6 Å². The van der Waals surface area contributed by atoms with Crippen LogP contribution in [0.1, 0.15) is 49.9 Å². The van der Waals surface area contributed by atoms with E-state index in [-0.39, 0.29) is 6.04 Å². The molecule has 1 fully saturated rings. The Morgan fingerprint density at radius 1 is 1.50 bits per heavy atom. The van der Waals surface area contributed by atoms with Gasteiger partial charge in [0, 0.05) is 18.8 Å². The highest BCUT2D eigenvalue weighted by Gasteiger charge is 2.18. The van der Waals surface area contributed by atoms with E-state index >= 15 is 0 Å². The third kappa shape index (κ3) is 2.62. The quantitative estimate of drug-likeness (QED) is 0.796. The fourth-order valence-corrected chi connectivity index (χ4v) is 2.31. The highest BCUT2D eigenvalue weighted by atomic mass is 16.7. The second kappa shape index (κ2) is 4.97. The molecule has 1 heterocycles. The largest absolute Gasteiger partial charge is 0.298 e. The summed E-state index contributed by atoms with van der Waals surface area (Å²) in [5, 5.41) is 4.33. The normalized spacial score (nSPS) is 19.2. The van der Waals surface area contributed by atoms with Crippen LogP contribution in [0.3, 0.4) is 0 Å². The van der Waals surface area contributed by atoms with Gasteiger partial charge in [-0.3, -0.25) is 9.52 Å². The Balaban J connectivity index is 1.87. The second-order valence-corrected chi connectivity index (χ2v) is 4.71. The third-order valence-corrected chi connectivity index (χ3v) is 3.23. The second-order valence-electron chi connectivity index (χ2n) is 4.71. The van der Waals surface area contributed by atoms with Gasteiger partial charge < -0.3 is 0 Å². The minimum Gasteiger partial charge on any atom is -0.298 e. The average molecular weight is 223 g/mol. The zero-order valence-corrected chi connectivity index (χ0v) is 10.4. The van der Waals surface area contributed by atoms with E-state index in [1.165, 1.54) is 31.2 Å². The van der Waals surface area contributed by atoms with Crippen molar-refractivity contribution in [2.75, 3.05) is 0 Å². The van der Waals surface area contributed by atoms with Gasteiger partial charge in [0.1, 0.15) is 0 Å². The first-order valence-corrected chi connectivity index (χ1v) is 6.08. The number of hydrogen-bond donors (Lipinski definition) is 1. The molecule has 0 bridgehead atoms. The third-order valence-electron chi connectivity index (χ3n) is 3.23. The maximum Gasteiger partial charge on any atom is 0.0790 e. The molecular weight excluding hydrogens is 202 g/mol. The Morgan fingerprint density at radius 3 is 2.75 bits per heavy atom. The Labute approximate surface area is 96.9 Å². The van der Waals surface area contributed by atoms with Crippen molar-refractivity contribution in [2.24, 2.45) is 7.05 Å². The van der Waals surface area contributed by atoms with Crippen LogP contribution in [0.15, 0.2) is 6.20 Å². The molecule has 90 valence electrons. The highest BCUT2D eigenvalue weighted by molar-refractivity contribution is 5.18. The van der Waals surface area contributed by atoms with E-state index in [1.807, 2.05) is 24.9 Å². The number of nitrogens with one attached hydrogen (secondary N) is 1. The van der Waals surface area contributed by atoms with E-state index in [0.717, 1.165) is 5.69 Å². The maximum absolute atomic E-state index is 5.70. The molecule has 4 nitrogen and oxygen atoms in total. The summed E-state index contributed by atoms with van der Waals surface area (Å²) in [6.45, 7) is 4.14. The fourth-order valence-electron chi connectivity index (χ4n) is 2.31. The van der Waals surface area contributed by atoms with Crippen molar-refractivity contribution < 1.29 is 4.84 Å². The number of hydroxylamine groups is 1. The number of aromatic nitrogens is 2. The molecule has 16 heavy (non-hydrogen) atoms. The SMILES string of the molecule is Cc1nn(C)cc1C(C)NOC1CCCC1. The average Bonchev–Trinajstić information content (AvgIpc) is 2.84. The van der Waals surface area contributed by atoms with Gasteiger partial charge in [0.15, 0.2) is 0 Å². The predicted octanol–water partition coefficient (Wildman–Crippen LogP) is 2.25. The first-order chi connectivity index (χ1) is 7.66. The Hall–Kier alpha value is -0.870. The molecule has 0 spiro atoms. The monoisotopic (exact) mass is 223 g/mol. The molecule has 1 aromatic rings. The van der Waals surface area contributed by atoms with E-state index in [2.05, 4.69) is 17.5 Å². The van der Waals surface area contributed by atoms with Crippen LogP contribution >= 0.6 is 0 Å². The maximum atomic E-state index is 5.70. The Kier molecular flexibility index (Phi) is 3.61. The molecule has 1 aliphatic rings. The fraction of sp³-hybridized carbons (Fsp3) is 0.750. The predicted molar refractivity (Wildman–Crippen MR) is 62.8 cm³/mol. The van der Waals surface area contributed by atoms with Crippen molar-refractivity contribution in [3.05, 3.63) is 17.5 Å². The number of aryl methyl sites for hydroxylation is 2. The van der Waals surface area contributed by atoms with Gasteiger partial charge in [0.2, 0.25) is 0 Å². The van der Waals surface area contributed by atoms with Gasteiger partial charge in [-0.15, -0.1) is 0 Å². The van der Waals surface area contributed by atoms with Crippen molar-refractivity contribution in [3.8, 4) is 0 Å². The summed E-state index contributed by atoms with van der Waals surface area (Å²) in [5.41, 5.74) is 5.42. The highest BCUT2D eigenvalue weighted by Crippen LogP contribution is 2.22. The van der Waals surface area contributed by atoms with Crippen molar-refractivity contribution >= 4 is 0 Å². The van der Waals surface area contributed by atoms with Crippen LogP contribution < -0.4 is 5.48 Å². The van der Waals surface area contributed by atoms with Crippen LogP contribution in [-0.4, -0.2) is 15.9 Å². The van der Waals surface area contributed by atoms with Crippen LogP contribution in [0.5, 0.6) is 0 Å². The van der Waals surface area contributed by atoms with Crippen LogP contribution in [0, 0.1) is 6.92 Å². The molecule has 1 unspecified atom stereocenters. The van der Waals surface area contributed by atoms with Crippen LogP contribution in [-0.2, 0) is 11.9 Å². The molecule has 1 saturated carbocycles. The van der Waals surface area contributed by atoms with Gasteiger partial charge >= 0.3 is 0 Å². The lowest BCUT2D eigenvalue weighted by atomic mass is 10.1. The van der Waals surface area contributed by atoms with Crippen LogP contribution in [0.4, 0.5) is 0 Å². The minimum absolute atomic E-state index is 0.203. The Bertz CT molecular complexity index is 342. The summed E-state index contributed by atoms with van der Waals surface area (Å²) in [5.74, 6) is 0. The van der Waals surface area contributed by atoms with Crippen molar-refractivity contribution in [1.29, 1.82) is 0 Å². The standard InChI is InChI=1S/C12H21N3O/c1-9-12(8-15(3)13-9)10(2)14-16-11-6-4-5-7-11/h8,10-11,14H,4-7H2,1-3H3. The molecular formula is C12H21N3O. The lowest BCUT2D eigenvalue weighted by molar-refractivity contribution is -0.0377.